The number of hydrogen-bond acceptors (Lipinski definition) is 4. The third kappa shape index (κ3) is 3.26. The molecular weight excluding hydrogens is 421 g/mol. The monoisotopic (exact) mass is 432 g/mol. The molecule has 1 aromatic carbocycles. The van der Waals surface area contributed by atoms with Crippen LogP contribution >= 0.6 is 15.9 Å². The van der Waals surface area contributed by atoms with E-state index in [1.807, 2.05) is 0 Å². The summed E-state index contributed by atoms with van der Waals surface area (Å²) < 4.78 is 44.6. The molecule has 0 N–H and O–H groups in total. The zero-order valence-corrected chi connectivity index (χ0v) is 15.1. The van der Waals surface area contributed by atoms with Crippen molar-refractivity contribution in [3.63, 3.8) is 0 Å². The number of fused-ring (bicyclic) bond motifs is 1. The zero-order valence-electron chi connectivity index (χ0n) is 13.5. The minimum Gasteiger partial charge on any atom is -0.406 e. The van der Waals surface area contributed by atoms with Crippen LogP contribution in [0.4, 0.5) is 13.2 Å². The summed E-state index contributed by atoms with van der Waals surface area (Å²) in [6.45, 7) is 0.184. The number of imidazole rings is 1. The molecule has 7 nitrogen and oxygen atoms in total. The Morgan fingerprint density at radius 1 is 1.12 bits per heavy atom. The van der Waals surface area contributed by atoms with E-state index < -0.39 is 17.6 Å². The average molecular weight is 433 g/mol. The normalized spacial score (nSPS) is 11.9. The second kappa shape index (κ2) is 6.31. The molecule has 0 aliphatic rings. The van der Waals surface area contributed by atoms with Gasteiger partial charge in [0.05, 0.1) is 6.54 Å². The van der Waals surface area contributed by atoms with Crippen molar-refractivity contribution in [1.82, 2.24) is 18.7 Å². The topological polar surface area (TPSA) is 71.0 Å². The second-order valence-electron chi connectivity index (χ2n) is 5.54. The maximum absolute atomic E-state index is 12.2. The van der Waals surface area contributed by atoms with Gasteiger partial charge >= 0.3 is 12.1 Å². The average Bonchev–Trinajstić information content (AvgIpc) is 2.88. The van der Waals surface area contributed by atoms with E-state index in [2.05, 4.69) is 25.7 Å². The lowest BCUT2D eigenvalue weighted by molar-refractivity contribution is -0.274. The summed E-state index contributed by atoms with van der Waals surface area (Å²) in [7, 11) is 2.87. The Kier molecular flexibility index (Phi) is 4.42. The van der Waals surface area contributed by atoms with Crippen molar-refractivity contribution in [3.05, 3.63) is 55.4 Å². The van der Waals surface area contributed by atoms with Crippen LogP contribution in [0.1, 0.15) is 5.56 Å². The minimum atomic E-state index is -4.76. The molecular formula is C15H12BrF3N4O3. The third-order valence-corrected chi connectivity index (χ3v) is 4.40. The van der Waals surface area contributed by atoms with Crippen LogP contribution in [0.2, 0.25) is 0 Å². The maximum atomic E-state index is 12.2. The van der Waals surface area contributed by atoms with Gasteiger partial charge in [0.1, 0.15) is 5.75 Å². The summed E-state index contributed by atoms with van der Waals surface area (Å²) in [6.07, 6.45) is -4.76. The number of aryl methyl sites for hydroxylation is 1. The van der Waals surface area contributed by atoms with Gasteiger partial charge in [-0.2, -0.15) is 0 Å². The van der Waals surface area contributed by atoms with Crippen molar-refractivity contribution in [3.8, 4) is 5.75 Å². The molecule has 11 heteroatoms. The Morgan fingerprint density at radius 3 is 2.31 bits per heavy atom. The standard InChI is InChI=1S/C15H12BrF3N4O3/c1-21-11-10(12(24)22(2)14(21)25)20-13(16)23(11)7-8-3-5-9(6-4-8)26-15(17,18)19/h3-6H,7H2,1-2H3. The summed E-state index contributed by atoms with van der Waals surface area (Å²) in [5.74, 6) is -0.336. The van der Waals surface area contributed by atoms with Gasteiger partial charge in [-0.15, -0.1) is 13.2 Å². The zero-order chi connectivity index (χ0) is 19.2. The fourth-order valence-electron chi connectivity index (χ4n) is 2.58. The van der Waals surface area contributed by atoms with Gasteiger partial charge in [0.25, 0.3) is 5.56 Å². The number of hydrogen-bond donors (Lipinski definition) is 0. The van der Waals surface area contributed by atoms with Crippen LogP contribution in [0.25, 0.3) is 11.2 Å². The van der Waals surface area contributed by atoms with Gasteiger partial charge in [-0.25, -0.2) is 9.78 Å². The summed E-state index contributed by atoms with van der Waals surface area (Å²) in [5.41, 5.74) is 0.00768. The van der Waals surface area contributed by atoms with Gasteiger partial charge in [-0.05, 0) is 33.6 Å². The van der Waals surface area contributed by atoms with Gasteiger partial charge < -0.3 is 4.74 Å². The first-order valence-electron chi connectivity index (χ1n) is 7.25. The van der Waals surface area contributed by atoms with E-state index in [0.717, 1.165) is 4.57 Å². The van der Waals surface area contributed by atoms with Crippen molar-refractivity contribution in [2.75, 3.05) is 0 Å². The Morgan fingerprint density at radius 2 is 1.73 bits per heavy atom. The number of rotatable bonds is 3. The van der Waals surface area contributed by atoms with Crippen LogP contribution in [0.5, 0.6) is 5.75 Å². The van der Waals surface area contributed by atoms with E-state index in [1.165, 1.54) is 42.9 Å². The molecule has 0 fully saturated rings. The van der Waals surface area contributed by atoms with Gasteiger partial charge in [0.15, 0.2) is 15.9 Å². The van der Waals surface area contributed by atoms with Crippen LogP contribution in [-0.2, 0) is 20.6 Å². The van der Waals surface area contributed by atoms with Crippen molar-refractivity contribution < 1.29 is 17.9 Å². The van der Waals surface area contributed by atoms with E-state index in [1.54, 1.807) is 4.57 Å². The maximum Gasteiger partial charge on any atom is 0.573 e. The molecule has 3 aromatic rings. The quantitative estimate of drug-likeness (QED) is 0.594. The summed E-state index contributed by atoms with van der Waals surface area (Å²) in [5, 5.41) is 0. The Balaban J connectivity index is 2.03. The number of ether oxygens (including phenoxy) is 1. The summed E-state index contributed by atoms with van der Waals surface area (Å²) in [4.78, 5) is 28.5. The highest BCUT2D eigenvalue weighted by atomic mass is 79.9. The SMILES string of the molecule is Cn1c(=O)c2nc(Br)n(Cc3ccc(OC(F)(F)F)cc3)c2n(C)c1=O. The van der Waals surface area contributed by atoms with Crippen LogP contribution in [0.3, 0.4) is 0 Å². The predicted octanol–water partition coefficient (Wildman–Crippen LogP) is 2.14. The molecule has 0 aliphatic heterocycles. The molecule has 0 radical (unpaired) electrons. The molecule has 2 heterocycles. The number of alkyl halides is 3. The van der Waals surface area contributed by atoms with Crippen molar-refractivity contribution >= 4 is 27.1 Å². The van der Waals surface area contributed by atoms with E-state index in [0.29, 0.717) is 15.9 Å². The number of nitrogens with zero attached hydrogens (tertiary/aromatic N) is 4. The largest absolute Gasteiger partial charge is 0.573 e. The van der Waals surface area contributed by atoms with E-state index in [9.17, 15) is 22.8 Å². The van der Waals surface area contributed by atoms with Crippen LogP contribution in [0.15, 0.2) is 38.6 Å². The smallest absolute Gasteiger partial charge is 0.406 e. The molecule has 2 aromatic heterocycles. The van der Waals surface area contributed by atoms with Crippen LogP contribution < -0.4 is 16.0 Å². The Hall–Kier alpha value is -2.56. The third-order valence-electron chi connectivity index (χ3n) is 3.79. The lowest BCUT2D eigenvalue weighted by atomic mass is 10.2. The number of halogens is 4. The molecule has 3 rings (SSSR count). The molecule has 0 saturated carbocycles. The molecule has 0 unspecified atom stereocenters. The first-order valence-corrected chi connectivity index (χ1v) is 8.04. The fraction of sp³-hybridized carbons (Fsp3) is 0.267. The van der Waals surface area contributed by atoms with E-state index in [4.69, 9.17) is 0 Å². The molecule has 138 valence electrons. The Bertz CT molecular complexity index is 1100. The summed E-state index contributed by atoms with van der Waals surface area (Å²) >= 11 is 3.25. The Labute approximate surface area is 152 Å². The highest BCUT2D eigenvalue weighted by Gasteiger charge is 2.31. The minimum absolute atomic E-state index is 0.110. The summed E-state index contributed by atoms with van der Waals surface area (Å²) in [6, 6.07) is 5.29. The fourth-order valence-corrected chi connectivity index (χ4v) is 3.05. The van der Waals surface area contributed by atoms with Gasteiger partial charge in [-0.1, -0.05) is 12.1 Å². The van der Waals surface area contributed by atoms with Gasteiger partial charge in [-0.3, -0.25) is 18.5 Å². The van der Waals surface area contributed by atoms with Crippen molar-refractivity contribution in [2.24, 2.45) is 14.1 Å². The van der Waals surface area contributed by atoms with E-state index in [-0.39, 0.29) is 17.8 Å². The highest BCUT2D eigenvalue weighted by molar-refractivity contribution is 9.10. The predicted molar refractivity (Wildman–Crippen MR) is 90.1 cm³/mol. The van der Waals surface area contributed by atoms with Crippen LogP contribution in [-0.4, -0.2) is 25.0 Å². The number of benzene rings is 1. The lowest BCUT2D eigenvalue weighted by Gasteiger charge is -2.11. The van der Waals surface area contributed by atoms with Gasteiger partial charge in [0.2, 0.25) is 0 Å². The first-order chi connectivity index (χ1) is 12.1. The molecule has 0 aliphatic carbocycles. The lowest BCUT2D eigenvalue weighted by Crippen LogP contribution is -2.37. The molecule has 0 saturated heterocycles. The van der Waals surface area contributed by atoms with Crippen molar-refractivity contribution in [1.29, 1.82) is 0 Å². The first kappa shape index (κ1) is 18.2. The molecule has 0 amide bonds. The van der Waals surface area contributed by atoms with Gasteiger partial charge in [0, 0.05) is 14.1 Å². The number of aromatic nitrogens is 4. The molecule has 0 spiro atoms. The second-order valence-corrected chi connectivity index (χ2v) is 6.25. The highest BCUT2D eigenvalue weighted by Crippen LogP contribution is 2.24. The molecule has 0 bridgehead atoms. The van der Waals surface area contributed by atoms with Crippen molar-refractivity contribution in [2.45, 2.75) is 12.9 Å². The molecule has 0 atom stereocenters. The molecule has 26 heavy (non-hydrogen) atoms. The van der Waals surface area contributed by atoms with Crippen LogP contribution in [0, 0.1) is 0 Å². The van der Waals surface area contributed by atoms with E-state index >= 15 is 0 Å².